The predicted molar refractivity (Wildman–Crippen MR) is 117 cm³/mol. The molecule has 4 rings (SSSR count). The minimum Gasteiger partial charge on any atom is -0.313 e. The van der Waals surface area contributed by atoms with E-state index >= 15 is 0 Å². The highest BCUT2D eigenvalue weighted by molar-refractivity contribution is 7.91. The fourth-order valence-electron chi connectivity index (χ4n) is 3.43. The van der Waals surface area contributed by atoms with E-state index in [0.717, 1.165) is 16.9 Å². The van der Waals surface area contributed by atoms with Crippen molar-refractivity contribution in [1.29, 1.82) is 0 Å². The monoisotopic (exact) mass is 485 g/mol. The number of benzene rings is 1. The van der Waals surface area contributed by atoms with Crippen LogP contribution in [0.15, 0.2) is 52.2 Å². The number of carbonyl (C=O) groups is 1. The van der Waals surface area contributed by atoms with E-state index < -0.39 is 22.0 Å². The number of amides is 1. The molecule has 1 amide bonds. The maximum atomic E-state index is 13.6. The Labute approximate surface area is 185 Å². The Morgan fingerprint density at radius 3 is 2.83 bits per heavy atom. The van der Waals surface area contributed by atoms with Crippen LogP contribution in [0.25, 0.3) is 10.2 Å². The third-order valence-corrected chi connectivity index (χ3v) is 9.41. The molecule has 1 saturated heterocycles. The zero-order valence-corrected chi connectivity index (χ0v) is 18.8. The number of sulfonamides is 1. The molecule has 11 heteroatoms. The summed E-state index contributed by atoms with van der Waals surface area (Å²) in [6, 6.07) is 6.44. The lowest BCUT2D eigenvalue weighted by Crippen LogP contribution is -2.40. The summed E-state index contributed by atoms with van der Waals surface area (Å²) in [7, 11) is -3.84. The van der Waals surface area contributed by atoms with Crippen LogP contribution in [0.5, 0.6) is 0 Å². The minimum atomic E-state index is -3.84. The Bertz CT molecular complexity index is 1310. The molecule has 3 heterocycles. The molecule has 1 aromatic carbocycles. The maximum Gasteiger partial charge on any atom is 0.266 e. The van der Waals surface area contributed by atoms with Crippen LogP contribution in [0, 0.1) is 5.82 Å². The summed E-state index contributed by atoms with van der Waals surface area (Å²) in [5.74, 6) is -0.918. The van der Waals surface area contributed by atoms with Gasteiger partial charge >= 0.3 is 0 Å². The normalized spacial score (nSPS) is 18.3. The van der Waals surface area contributed by atoms with Gasteiger partial charge in [-0.2, -0.15) is 9.30 Å². The molecule has 30 heavy (non-hydrogen) atoms. The molecule has 2 aromatic heterocycles. The van der Waals surface area contributed by atoms with E-state index in [1.807, 2.05) is 0 Å². The number of halogens is 2. The third kappa shape index (κ3) is 3.90. The Morgan fingerprint density at radius 1 is 1.33 bits per heavy atom. The number of aromatic nitrogens is 1. The molecule has 1 unspecified atom stereocenters. The van der Waals surface area contributed by atoms with E-state index in [1.54, 1.807) is 16.7 Å². The number of rotatable bonds is 5. The molecule has 0 saturated carbocycles. The van der Waals surface area contributed by atoms with Crippen molar-refractivity contribution in [2.24, 2.45) is 4.99 Å². The second-order valence-electron chi connectivity index (χ2n) is 6.68. The first kappa shape index (κ1) is 21.4. The van der Waals surface area contributed by atoms with Gasteiger partial charge in [-0.25, -0.2) is 12.8 Å². The molecule has 0 spiro atoms. The summed E-state index contributed by atoms with van der Waals surface area (Å²) in [6.07, 6.45) is 2.61. The molecule has 0 N–H and O–H groups in total. The number of thiazole rings is 1. The molecule has 1 aliphatic rings. The molecule has 1 atom stereocenters. The van der Waals surface area contributed by atoms with Crippen LogP contribution < -0.4 is 4.80 Å². The number of hydrogen-bond donors (Lipinski definition) is 0. The zero-order valence-electron chi connectivity index (χ0n) is 15.6. The van der Waals surface area contributed by atoms with Gasteiger partial charge in [0.25, 0.3) is 15.9 Å². The van der Waals surface area contributed by atoms with Crippen molar-refractivity contribution in [2.75, 3.05) is 6.54 Å². The van der Waals surface area contributed by atoms with Gasteiger partial charge in [0, 0.05) is 13.1 Å². The summed E-state index contributed by atoms with van der Waals surface area (Å²) in [5, 5.41) is 0. The maximum absolute atomic E-state index is 13.6. The lowest BCUT2D eigenvalue weighted by Gasteiger charge is -2.20. The van der Waals surface area contributed by atoms with Gasteiger partial charge in [0.15, 0.2) is 4.80 Å². The molecule has 0 bridgehead atoms. The first-order valence-electron chi connectivity index (χ1n) is 9.07. The Balaban J connectivity index is 1.73. The predicted octanol–water partition coefficient (Wildman–Crippen LogP) is 4.02. The van der Waals surface area contributed by atoms with E-state index in [-0.39, 0.29) is 16.6 Å². The quantitative estimate of drug-likeness (QED) is 0.512. The van der Waals surface area contributed by atoms with Gasteiger partial charge in [-0.3, -0.25) is 4.79 Å². The standard InChI is InChI=1S/C19H17ClFN3O3S3/c1-2-9-23-13-6-5-12(21)11-15(13)28-19(23)22-18(25)14-4-3-10-24(14)30(26,27)17-8-7-16(20)29-17/h2,5-8,11,14H,1,3-4,9-10H2. The van der Waals surface area contributed by atoms with Crippen LogP contribution in [0.2, 0.25) is 4.34 Å². The van der Waals surface area contributed by atoms with E-state index in [4.69, 9.17) is 11.6 Å². The number of carbonyl (C=O) groups excluding carboxylic acids is 1. The average molecular weight is 486 g/mol. The van der Waals surface area contributed by atoms with Crippen molar-refractivity contribution >= 4 is 60.4 Å². The van der Waals surface area contributed by atoms with Crippen LogP contribution >= 0.6 is 34.3 Å². The summed E-state index contributed by atoms with van der Waals surface area (Å²) in [6.45, 7) is 4.35. The van der Waals surface area contributed by atoms with E-state index in [2.05, 4.69) is 11.6 Å². The van der Waals surface area contributed by atoms with Crippen molar-refractivity contribution in [3.63, 3.8) is 0 Å². The van der Waals surface area contributed by atoms with Crippen LogP contribution in [-0.4, -0.2) is 35.8 Å². The first-order valence-corrected chi connectivity index (χ1v) is 12.5. The number of allylic oxidation sites excluding steroid dienone is 1. The minimum absolute atomic E-state index is 0.103. The molecule has 1 aliphatic heterocycles. The van der Waals surface area contributed by atoms with Crippen molar-refractivity contribution in [2.45, 2.75) is 29.6 Å². The fourth-order valence-corrected chi connectivity index (χ4v) is 7.77. The van der Waals surface area contributed by atoms with Crippen LogP contribution in [0.1, 0.15) is 12.8 Å². The lowest BCUT2D eigenvalue weighted by molar-refractivity contribution is -0.121. The van der Waals surface area contributed by atoms with E-state index in [9.17, 15) is 17.6 Å². The highest BCUT2D eigenvalue weighted by Gasteiger charge is 2.40. The van der Waals surface area contributed by atoms with Gasteiger partial charge in [0.1, 0.15) is 16.1 Å². The second kappa shape index (κ2) is 8.35. The van der Waals surface area contributed by atoms with Crippen LogP contribution in [0.3, 0.4) is 0 Å². The van der Waals surface area contributed by atoms with Crippen molar-refractivity contribution in [3.05, 3.63) is 57.9 Å². The molecule has 1 fully saturated rings. The van der Waals surface area contributed by atoms with Crippen molar-refractivity contribution < 1.29 is 17.6 Å². The Hall–Kier alpha value is -1.85. The number of thiophene rings is 1. The molecule has 3 aromatic rings. The van der Waals surface area contributed by atoms with Crippen LogP contribution in [0.4, 0.5) is 4.39 Å². The molecule has 0 radical (unpaired) electrons. The molecular weight excluding hydrogens is 469 g/mol. The molecule has 0 aliphatic carbocycles. The number of hydrogen-bond acceptors (Lipinski definition) is 5. The highest BCUT2D eigenvalue weighted by Crippen LogP contribution is 2.32. The largest absolute Gasteiger partial charge is 0.313 e. The average Bonchev–Trinajstić information content (AvgIpc) is 3.41. The van der Waals surface area contributed by atoms with Gasteiger partial charge < -0.3 is 4.57 Å². The van der Waals surface area contributed by atoms with E-state index in [0.29, 0.717) is 33.2 Å². The van der Waals surface area contributed by atoms with Gasteiger partial charge in [-0.1, -0.05) is 29.0 Å². The SMILES string of the molecule is C=CCn1c(=NC(=O)C2CCCN2S(=O)(=O)c2ccc(Cl)s2)sc2cc(F)ccc21. The Kier molecular flexibility index (Phi) is 5.95. The highest BCUT2D eigenvalue weighted by atomic mass is 35.5. The summed E-state index contributed by atoms with van der Waals surface area (Å²) in [4.78, 5) is 17.6. The van der Waals surface area contributed by atoms with E-state index in [1.165, 1.54) is 39.9 Å². The van der Waals surface area contributed by atoms with Crippen molar-refractivity contribution in [1.82, 2.24) is 8.87 Å². The van der Waals surface area contributed by atoms with Gasteiger partial charge in [-0.15, -0.1) is 17.9 Å². The second-order valence-corrected chi connectivity index (χ2v) is 11.5. The summed E-state index contributed by atoms with van der Waals surface area (Å²) in [5.41, 5.74) is 0.733. The molecule has 158 valence electrons. The van der Waals surface area contributed by atoms with Gasteiger partial charge in [0.2, 0.25) is 0 Å². The molecule has 6 nitrogen and oxygen atoms in total. The summed E-state index contributed by atoms with van der Waals surface area (Å²) < 4.78 is 43.7. The third-order valence-electron chi connectivity index (χ3n) is 4.76. The Morgan fingerprint density at radius 2 is 2.13 bits per heavy atom. The van der Waals surface area contributed by atoms with Gasteiger partial charge in [-0.05, 0) is 43.2 Å². The topological polar surface area (TPSA) is 71.7 Å². The lowest BCUT2D eigenvalue weighted by atomic mass is 10.2. The molecular formula is C19H17ClFN3O3S3. The van der Waals surface area contributed by atoms with Gasteiger partial charge in [0.05, 0.1) is 14.6 Å². The van der Waals surface area contributed by atoms with Crippen LogP contribution in [-0.2, 0) is 21.4 Å². The fraction of sp³-hybridized carbons (Fsp3) is 0.263. The zero-order chi connectivity index (χ0) is 21.5. The summed E-state index contributed by atoms with van der Waals surface area (Å²) >= 11 is 8.03. The first-order chi connectivity index (χ1) is 14.3. The number of nitrogens with zero attached hydrogens (tertiary/aromatic N) is 3. The van der Waals surface area contributed by atoms with Crippen molar-refractivity contribution in [3.8, 4) is 0 Å². The number of fused-ring (bicyclic) bond motifs is 1. The smallest absolute Gasteiger partial charge is 0.266 e.